The van der Waals surface area contributed by atoms with Crippen LogP contribution in [0.5, 0.6) is 0 Å². The quantitative estimate of drug-likeness (QED) is 0.537. The van der Waals surface area contributed by atoms with E-state index in [9.17, 15) is 4.79 Å². The molecule has 0 aromatic rings. The van der Waals surface area contributed by atoms with Gasteiger partial charge in [0.15, 0.2) is 0 Å². The van der Waals surface area contributed by atoms with E-state index in [1.165, 1.54) is 0 Å². The Kier molecular flexibility index (Phi) is 2.19. The number of halogens is 1. The van der Waals surface area contributed by atoms with Crippen molar-refractivity contribution in [2.75, 3.05) is 0 Å². The Labute approximate surface area is 73.1 Å². The number of hydrogen-bond donors (Lipinski definition) is 2. The van der Waals surface area contributed by atoms with Gasteiger partial charge in [0.2, 0.25) is 0 Å². The van der Waals surface area contributed by atoms with Gasteiger partial charge < -0.3 is 10.8 Å². The van der Waals surface area contributed by atoms with Gasteiger partial charge in [0.25, 0.3) is 0 Å². The van der Waals surface area contributed by atoms with Gasteiger partial charge in [-0.15, -0.1) is 0 Å². The molecule has 0 aromatic heterocycles. The molecule has 0 bridgehead atoms. The highest BCUT2D eigenvalue weighted by Gasteiger charge is 2.40. The van der Waals surface area contributed by atoms with Gasteiger partial charge in [-0.2, -0.15) is 0 Å². The van der Waals surface area contributed by atoms with E-state index in [-0.39, 0.29) is 0 Å². The molecule has 3 nitrogen and oxygen atoms in total. The van der Waals surface area contributed by atoms with Crippen LogP contribution >= 0.6 is 22.6 Å². The van der Waals surface area contributed by atoms with Crippen molar-refractivity contribution >= 4 is 28.6 Å². The summed E-state index contributed by atoms with van der Waals surface area (Å²) >= 11 is 2.25. The van der Waals surface area contributed by atoms with E-state index in [0.29, 0.717) is 16.8 Å². The molecule has 1 fully saturated rings. The van der Waals surface area contributed by atoms with E-state index in [4.69, 9.17) is 10.8 Å². The summed E-state index contributed by atoms with van der Waals surface area (Å²) in [6.07, 6.45) is 2.17. The normalized spacial score (nSPS) is 40.0. The molecule has 10 heavy (non-hydrogen) atoms. The summed E-state index contributed by atoms with van der Waals surface area (Å²) in [4.78, 5) is 10.5. The third-order valence-electron chi connectivity index (χ3n) is 1.92. The Morgan fingerprint density at radius 3 is 2.60 bits per heavy atom. The number of rotatable bonds is 1. The largest absolute Gasteiger partial charge is 0.480 e. The van der Waals surface area contributed by atoms with Gasteiger partial charge in [-0.3, -0.25) is 4.79 Å². The topological polar surface area (TPSA) is 63.3 Å². The summed E-state index contributed by atoms with van der Waals surface area (Å²) in [5.41, 5.74) is 4.66. The van der Waals surface area contributed by atoms with Gasteiger partial charge in [-0.25, -0.2) is 0 Å². The van der Waals surface area contributed by atoms with Gasteiger partial charge in [0.05, 0.1) is 0 Å². The number of carboxylic acids is 1. The molecule has 0 spiro atoms. The van der Waals surface area contributed by atoms with Crippen molar-refractivity contribution in [1.82, 2.24) is 0 Å². The third-order valence-corrected chi connectivity index (χ3v) is 2.98. The van der Waals surface area contributed by atoms with E-state index in [1.54, 1.807) is 0 Å². The van der Waals surface area contributed by atoms with E-state index in [2.05, 4.69) is 22.6 Å². The molecule has 1 saturated carbocycles. The van der Waals surface area contributed by atoms with Crippen molar-refractivity contribution in [2.24, 2.45) is 5.73 Å². The van der Waals surface area contributed by atoms with E-state index < -0.39 is 11.5 Å². The van der Waals surface area contributed by atoms with Crippen LogP contribution in [0.2, 0.25) is 0 Å². The average molecular weight is 255 g/mol. The van der Waals surface area contributed by atoms with Gasteiger partial charge in [-0.1, -0.05) is 22.6 Å². The highest BCUT2D eigenvalue weighted by Crippen LogP contribution is 2.32. The van der Waals surface area contributed by atoms with Crippen molar-refractivity contribution < 1.29 is 9.90 Å². The lowest BCUT2D eigenvalue weighted by molar-refractivity contribution is -0.143. The second kappa shape index (κ2) is 2.65. The van der Waals surface area contributed by atoms with Crippen LogP contribution in [0.1, 0.15) is 19.3 Å². The molecular formula is C6H10INO2. The van der Waals surface area contributed by atoms with Crippen LogP contribution in [0.4, 0.5) is 0 Å². The molecular weight excluding hydrogens is 245 g/mol. The third kappa shape index (κ3) is 1.42. The predicted molar refractivity (Wildman–Crippen MR) is 46.2 cm³/mol. The Morgan fingerprint density at radius 2 is 2.40 bits per heavy atom. The summed E-state index contributed by atoms with van der Waals surface area (Å²) in [7, 11) is 0. The average Bonchev–Trinajstić information content (AvgIpc) is 2.13. The molecule has 1 aliphatic carbocycles. The van der Waals surface area contributed by atoms with Crippen LogP contribution in [0, 0.1) is 0 Å². The molecule has 0 amide bonds. The Balaban J connectivity index is 2.63. The lowest BCUT2D eigenvalue weighted by Gasteiger charge is -2.16. The monoisotopic (exact) mass is 255 g/mol. The number of carbonyl (C=O) groups is 1. The lowest BCUT2D eigenvalue weighted by Crippen LogP contribution is -2.45. The zero-order valence-corrected chi connectivity index (χ0v) is 7.67. The zero-order valence-electron chi connectivity index (χ0n) is 5.51. The minimum atomic E-state index is -0.925. The lowest BCUT2D eigenvalue weighted by atomic mass is 10.0. The maximum absolute atomic E-state index is 10.5. The number of carboxylic acid groups (broad SMARTS) is 1. The molecule has 2 unspecified atom stereocenters. The number of alkyl halides is 1. The fraction of sp³-hybridized carbons (Fsp3) is 0.833. The predicted octanol–water partition coefficient (Wildman–Crippen LogP) is 0.756. The zero-order chi connectivity index (χ0) is 7.78. The fourth-order valence-electron chi connectivity index (χ4n) is 1.21. The van der Waals surface area contributed by atoms with Gasteiger partial charge >= 0.3 is 5.97 Å². The number of hydrogen-bond acceptors (Lipinski definition) is 2. The van der Waals surface area contributed by atoms with Crippen molar-refractivity contribution in [3.63, 3.8) is 0 Å². The minimum Gasteiger partial charge on any atom is -0.480 e. The summed E-state index contributed by atoms with van der Waals surface area (Å²) in [5, 5.41) is 8.66. The second-order valence-electron chi connectivity index (χ2n) is 2.80. The molecule has 0 aliphatic heterocycles. The van der Waals surface area contributed by atoms with Crippen LogP contribution < -0.4 is 5.73 Å². The highest BCUT2D eigenvalue weighted by atomic mass is 127. The summed E-state index contributed by atoms with van der Waals surface area (Å²) in [5.74, 6) is -0.855. The van der Waals surface area contributed by atoms with Gasteiger partial charge in [0, 0.05) is 3.92 Å². The first-order chi connectivity index (χ1) is 4.54. The molecule has 1 rings (SSSR count). The van der Waals surface area contributed by atoms with Crippen LogP contribution in [0.25, 0.3) is 0 Å². The van der Waals surface area contributed by atoms with E-state index in [0.717, 1.165) is 6.42 Å². The molecule has 58 valence electrons. The molecule has 0 saturated heterocycles. The summed E-state index contributed by atoms with van der Waals surface area (Å²) in [6.45, 7) is 0. The second-order valence-corrected chi connectivity index (χ2v) is 4.56. The van der Waals surface area contributed by atoms with E-state index in [1.807, 2.05) is 0 Å². The Morgan fingerprint density at radius 1 is 1.80 bits per heavy atom. The van der Waals surface area contributed by atoms with Crippen LogP contribution in [0.3, 0.4) is 0 Å². The number of nitrogens with two attached hydrogens (primary N) is 1. The molecule has 1 aliphatic rings. The summed E-state index contributed by atoms with van der Waals surface area (Å²) in [6, 6.07) is 0. The first-order valence-corrected chi connectivity index (χ1v) is 4.45. The standard InChI is InChI=1S/C6H10INO2/c7-4-1-2-6(8,3-4)5(9)10/h4H,1-3,8H2,(H,9,10). The maximum Gasteiger partial charge on any atom is 0.323 e. The fourth-order valence-corrected chi connectivity index (χ4v) is 2.31. The Hall–Kier alpha value is 0.160. The van der Waals surface area contributed by atoms with Crippen molar-refractivity contribution in [2.45, 2.75) is 28.7 Å². The first kappa shape index (κ1) is 8.26. The van der Waals surface area contributed by atoms with Crippen LogP contribution in [-0.2, 0) is 4.79 Å². The van der Waals surface area contributed by atoms with E-state index >= 15 is 0 Å². The molecule has 2 atom stereocenters. The first-order valence-electron chi connectivity index (χ1n) is 3.21. The molecule has 0 aromatic carbocycles. The smallest absolute Gasteiger partial charge is 0.323 e. The minimum absolute atomic E-state index is 0.443. The maximum atomic E-state index is 10.5. The Bertz CT molecular complexity index is 162. The highest BCUT2D eigenvalue weighted by molar-refractivity contribution is 14.1. The SMILES string of the molecule is NC1(C(=O)O)CCC(I)C1. The van der Waals surface area contributed by atoms with Crippen molar-refractivity contribution in [1.29, 1.82) is 0 Å². The molecule has 3 N–H and O–H groups in total. The summed E-state index contributed by atoms with van der Waals surface area (Å²) < 4.78 is 0.443. The molecule has 4 heteroatoms. The molecule has 0 heterocycles. The molecule has 0 radical (unpaired) electrons. The number of aliphatic carboxylic acids is 1. The van der Waals surface area contributed by atoms with Gasteiger partial charge in [-0.05, 0) is 19.3 Å². The van der Waals surface area contributed by atoms with Crippen LogP contribution in [0.15, 0.2) is 0 Å². The van der Waals surface area contributed by atoms with Crippen molar-refractivity contribution in [3.8, 4) is 0 Å². The van der Waals surface area contributed by atoms with Crippen LogP contribution in [-0.4, -0.2) is 20.5 Å². The van der Waals surface area contributed by atoms with Gasteiger partial charge in [0.1, 0.15) is 5.54 Å². The van der Waals surface area contributed by atoms with Crippen molar-refractivity contribution in [3.05, 3.63) is 0 Å².